The Bertz CT molecular complexity index is 732. The fourth-order valence-corrected chi connectivity index (χ4v) is 2.31. The minimum Gasteiger partial charge on any atom is -0.390 e. The average molecular weight is 256 g/mol. The van der Waals surface area contributed by atoms with Gasteiger partial charge >= 0.3 is 0 Å². The van der Waals surface area contributed by atoms with E-state index in [1.54, 1.807) is 12.1 Å². The molecule has 0 saturated heterocycles. The van der Waals surface area contributed by atoms with Gasteiger partial charge in [0.05, 0.1) is 18.0 Å². The molecule has 2 aromatic heterocycles. The van der Waals surface area contributed by atoms with Crippen molar-refractivity contribution in [2.45, 2.75) is 13.5 Å². The van der Waals surface area contributed by atoms with E-state index < -0.39 is 0 Å². The largest absolute Gasteiger partial charge is 0.390 e. The predicted octanol–water partition coefficient (Wildman–Crippen LogP) is 2.94. The molecule has 0 aliphatic heterocycles. The van der Waals surface area contributed by atoms with Crippen LogP contribution in [0, 0.1) is 12.7 Å². The Kier molecular flexibility index (Phi) is 2.80. The van der Waals surface area contributed by atoms with Crippen LogP contribution in [-0.2, 0) is 6.61 Å². The van der Waals surface area contributed by atoms with Gasteiger partial charge in [-0.2, -0.15) is 0 Å². The van der Waals surface area contributed by atoms with Crippen LogP contribution in [0.4, 0.5) is 4.39 Å². The Morgan fingerprint density at radius 2 is 1.89 bits per heavy atom. The van der Waals surface area contributed by atoms with Gasteiger partial charge in [-0.3, -0.25) is 4.40 Å². The van der Waals surface area contributed by atoms with Crippen LogP contribution in [0.2, 0.25) is 0 Å². The predicted molar refractivity (Wildman–Crippen MR) is 71.2 cm³/mol. The highest BCUT2D eigenvalue weighted by molar-refractivity contribution is 5.66. The summed E-state index contributed by atoms with van der Waals surface area (Å²) in [6.07, 6.45) is 0. The lowest BCUT2D eigenvalue weighted by atomic mass is 10.1. The molecule has 0 saturated carbocycles. The van der Waals surface area contributed by atoms with E-state index in [-0.39, 0.29) is 12.4 Å². The maximum absolute atomic E-state index is 13.0. The fourth-order valence-electron chi connectivity index (χ4n) is 2.31. The first kappa shape index (κ1) is 11.9. The molecule has 0 spiro atoms. The van der Waals surface area contributed by atoms with Crippen molar-refractivity contribution in [2.24, 2.45) is 0 Å². The van der Waals surface area contributed by atoms with Gasteiger partial charge in [-0.05, 0) is 43.3 Å². The molecule has 0 amide bonds. The zero-order chi connectivity index (χ0) is 13.4. The summed E-state index contributed by atoms with van der Waals surface area (Å²) in [6, 6.07) is 11.9. The van der Waals surface area contributed by atoms with E-state index in [0.29, 0.717) is 5.69 Å². The first-order chi connectivity index (χ1) is 9.20. The van der Waals surface area contributed by atoms with Crippen LogP contribution in [-0.4, -0.2) is 14.5 Å². The third-order valence-electron chi connectivity index (χ3n) is 3.20. The van der Waals surface area contributed by atoms with Crippen molar-refractivity contribution in [2.75, 3.05) is 0 Å². The molecule has 2 heterocycles. The number of hydrogen-bond donors (Lipinski definition) is 1. The van der Waals surface area contributed by atoms with Gasteiger partial charge in [0, 0.05) is 11.3 Å². The number of nitrogens with zero attached hydrogens (tertiary/aromatic N) is 2. The molecule has 4 heteroatoms. The lowest BCUT2D eigenvalue weighted by Gasteiger charge is -2.04. The Morgan fingerprint density at radius 1 is 1.16 bits per heavy atom. The van der Waals surface area contributed by atoms with E-state index in [1.807, 2.05) is 29.5 Å². The van der Waals surface area contributed by atoms with E-state index in [4.69, 9.17) is 0 Å². The van der Waals surface area contributed by atoms with Crippen molar-refractivity contribution in [1.82, 2.24) is 9.38 Å². The number of aryl methyl sites for hydroxylation is 1. The number of halogens is 1. The van der Waals surface area contributed by atoms with Crippen molar-refractivity contribution in [1.29, 1.82) is 0 Å². The highest BCUT2D eigenvalue weighted by Gasteiger charge is 2.14. The maximum atomic E-state index is 13.0. The number of aliphatic hydroxyl groups is 1. The topological polar surface area (TPSA) is 37.5 Å². The summed E-state index contributed by atoms with van der Waals surface area (Å²) in [5, 5.41) is 9.61. The van der Waals surface area contributed by atoms with Crippen LogP contribution < -0.4 is 0 Å². The molecule has 1 aromatic carbocycles. The van der Waals surface area contributed by atoms with Crippen molar-refractivity contribution in [3.8, 4) is 11.3 Å². The molecular formula is C15H13FN2O. The molecule has 3 rings (SSSR count). The Balaban J connectivity index is 2.29. The molecule has 1 N–H and O–H groups in total. The van der Waals surface area contributed by atoms with Crippen LogP contribution in [0.25, 0.3) is 16.9 Å². The van der Waals surface area contributed by atoms with Crippen LogP contribution in [0.15, 0.2) is 42.5 Å². The Labute approximate surface area is 110 Å². The monoisotopic (exact) mass is 256 g/mol. The standard InChI is InChI=1S/C15H13FN2O/c1-10-3-2-4-14-17-15(13(9-19)18(10)14)11-5-7-12(16)8-6-11/h2-8,19H,9H2,1H3. The number of hydrogen-bond acceptors (Lipinski definition) is 2. The molecule has 0 bridgehead atoms. The van der Waals surface area contributed by atoms with Gasteiger partial charge in [0.1, 0.15) is 11.5 Å². The first-order valence-corrected chi connectivity index (χ1v) is 6.04. The molecule has 19 heavy (non-hydrogen) atoms. The second-order valence-electron chi connectivity index (χ2n) is 4.43. The average Bonchev–Trinajstić information content (AvgIpc) is 2.79. The van der Waals surface area contributed by atoms with Crippen molar-refractivity contribution in [3.05, 3.63) is 59.7 Å². The molecule has 0 unspecified atom stereocenters. The lowest BCUT2D eigenvalue weighted by molar-refractivity contribution is 0.276. The van der Waals surface area contributed by atoms with Crippen LogP contribution in [0.5, 0.6) is 0 Å². The fraction of sp³-hybridized carbons (Fsp3) is 0.133. The molecule has 0 fully saturated rings. The summed E-state index contributed by atoms with van der Waals surface area (Å²) >= 11 is 0. The number of imidazole rings is 1. The molecular weight excluding hydrogens is 243 g/mol. The second-order valence-corrected chi connectivity index (χ2v) is 4.43. The molecule has 3 nitrogen and oxygen atoms in total. The third kappa shape index (κ3) is 1.90. The second kappa shape index (κ2) is 4.48. The molecule has 0 aliphatic carbocycles. The number of fused-ring (bicyclic) bond motifs is 1. The van der Waals surface area contributed by atoms with Gasteiger partial charge in [-0.15, -0.1) is 0 Å². The smallest absolute Gasteiger partial charge is 0.137 e. The third-order valence-corrected chi connectivity index (χ3v) is 3.20. The van der Waals surface area contributed by atoms with Crippen LogP contribution in [0.1, 0.15) is 11.4 Å². The summed E-state index contributed by atoms with van der Waals surface area (Å²) in [4.78, 5) is 4.52. The molecule has 0 atom stereocenters. The van der Waals surface area contributed by atoms with E-state index in [2.05, 4.69) is 4.98 Å². The summed E-state index contributed by atoms with van der Waals surface area (Å²) in [5.74, 6) is -0.283. The lowest BCUT2D eigenvalue weighted by Crippen LogP contribution is -1.97. The summed E-state index contributed by atoms with van der Waals surface area (Å²) < 4.78 is 14.9. The number of aliphatic hydroxyl groups excluding tert-OH is 1. The zero-order valence-corrected chi connectivity index (χ0v) is 10.5. The number of benzene rings is 1. The zero-order valence-electron chi connectivity index (χ0n) is 10.5. The SMILES string of the molecule is Cc1cccc2nc(-c3ccc(F)cc3)c(CO)n12. The van der Waals surface area contributed by atoms with Crippen molar-refractivity contribution < 1.29 is 9.50 Å². The maximum Gasteiger partial charge on any atom is 0.137 e. The Hall–Kier alpha value is -2.20. The highest BCUT2D eigenvalue weighted by atomic mass is 19.1. The van der Waals surface area contributed by atoms with Gasteiger partial charge in [0.2, 0.25) is 0 Å². The summed E-state index contributed by atoms with van der Waals surface area (Å²) in [5.41, 5.74) is 4.00. The molecule has 0 aliphatic rings. The van der Waals surface area contributed by atoms with E-state index in [9.17, 15) is 9.50 Å². The van der Waals surface area contributed by atoms with E-state index >= 15 is 0 Å². The summed E-state index contributed by atoms with van der Waals surface area (Å²) in [7, 11) is 0. The molecule has 0 radical (unpaired) electrons. The van der Waals surface area contributed by atoms with E-state index in [0.717, 1.165) is 22.6 Å². The van der Waals surface area contributed by atoms with Gasteiger partial charge in [-0.1, -0.05) is 6.07 Å². The minimum atomic E-state index is -0.283. The van der Waals surface area contributed by atoms with E-state index in [1.165, 1.54) is 12.1 Å². The molecule has 96 valence electrons. The van der Waals surface area contributed by atoms with Crippen LogP contribution >= 0.6 is 0 Å². The number of aromatic nitrogens is 2. The highest BCUT2D eigenvalue weighted by Crippen LogP contribution is 2.25. The minimum absolute atomic E-state index is 0.112. The normalized spacial score (nSPS) is 11.1. The van der Waals surface area contributed by atoms with Gasteiger partial charge in [0.15, 0.2) is 0 Å². The number of pyridine rings is 1. The Morgan fingerprint density at radius 3 is 2.58 bits per heavy atom. The van der Waals surface area contributed by atoms with Gasteiger partial charge < -0.3 is 5.11 Å². The first-order valence-electron chi connectivity index (χ1n) is 6.04. The van der Waals surface area contributed by atoms with Gasteiger partial charge in [0.25, 0.3) is 0 Å². The quantitative estimate of drug-likeness (QED) is 0.765. The van der Waals surface area contributed by atoms with Gasteiger partial charge in [-0.25, -0.2) is 9.37 Å². The van der Waals surface area contributed by atoms with Crippen molar-refractivity contribution >= 4 is 5.65 Å². The van der Waals surface area contributed by atoms with Crippen molar-refractivity contribution in [3.63, 3.8) is 0 Å². The summed E-state index contributed by atoms with van der Waals surface area (Å²) in [6.45, 7) is 1.85. The molecule has 3 aromatic rings. The van der Waals surface area contributed by atoms with Crippen LogP contribution in [0.3, 0.4) is 0 Å². The number of rotatable bonds is 2.